The number of ether oxygens (including phenoxy) is 1. The number of rotatable bonds is 2. The second kappa shape index (κ2) is 6.61. The van der Waals surface area contributed by atoms with E-state index in [1.165, 1.54) is 0 Å². The summed E-state index contributed by atoms with van der Waals surface area (Å²) in [5.74, 6) is 1.59. The third kappa shape index (κ3) is 2.60. The van der Waals surface area contributed by atoms with E-state index in [1.807, 2.05) is 84.9 Å². The molecule has 0 amide bonds. The van der Waals surface area contributed by atoms with Gasteiger partial charge < -0.3 is 9.64 Å². The Bertz CT molecular complexity index is 1160. The molecular weight excluding hydrogens is 344 g/mol. The molecule has 5 rings (SSSR count). The molecule has 0 aromatic heterocycles. The quantitative estimate of drug-likeness (QED) is 0.347. The molecule has 132 valence electrons. The zero-order chi connectivity index (χ0) is 18.9. The summed E-state index contributed by atoms with van der Waals surface area (Å²) in [4.78, 5) is 2.18. The maximum Gasteiger partial charge on any atom is 0.151 e. The topological polar surface area (TPSA) is 36.3 Å². The summed E-state index contributed by atoms with van der Waals surface area (Å²) < 4.78 is 6.12. The number of para-hydroxylation sites is 4. The van der Waals surface area contributed by atoms with Crippen LogP contribution in [0.1, 0.15) is 5.56 Å². The fraction of sp³-hybridized carbons (Fsp3) is 0. The Hall–Kier alpha value is -4.03. The standard InChI is InChI=1S/C25H16N2O/c26-17-18-14-15-20(19-8-2-1-3-9-19)23(16-18)27-21-10-4-6-12-24(21)28-25-13-7-5-11-22(25)27/h1-16H. The van der Waals surface area contributed by atoms with Gasteiger partial charge >= 0.3 is 0 Å². The van der Waals surface area contributed by atoms with Gasteiger partial charge in [-0.3, -0.25) is 0 Å². The van der Waals surface area contributed by atoms with Crippen molar-refractivity contribution in [1.29, 1.82) is 5.26 Å². The Morgan fingerprint density at radius 3 is 1.89 bits per heavy atom. The highest BCUT2D eigenvalue weighted by Gasteiger charge is 2.27. The number of nitrogens with zero attached hydrogens (tertiary/aromatic N) is 2. The van der Waals surface area contributed by atoms with Crippen molar-refractivity contribution in [2.75, 3.05) is 4.90 Å². The van der Waals surface area contributed by atoms with Crippen LogP contribution in [0.5, 0.6) is 11.5 Å². The van der Waals surface area contributed by atoms with E-state index in [4.69, 9.17) is 4.74 Å². The highest BCUT2D eigenvalue weighted by molar-refractivity contribution is 5.93. The summed E-state index contributed by atoms with van der Waals surface area (Å²) in [6, 6.07) is 34.3. The van der Waals surface area contributed by atoms with E-state index in [0.717, 1.165) is 39.7 Å². The zero-order valence-electron chi connectivity index (χ0n) is 15.0. The first-order valence-electron chi connectivity index (χ1n) is 9.11. The van der Waals surface area contributed by atoms with E-state index in [1.54, 1.807) is 0 Å². The molecule has 1 heterocycles. The molecule has 0 fully saturated rings. The molecule has 4 aromatic rings. The third-order valence-corrected chi connectivity index (χ3v) is 4.88. The molecule has 0 N–H and O–H groups in total. The maximum absolute atomic E-state index is 9.52. The van der Waals surface area contributed by atoms with E-state index in [2.05, 4.69) is 23.1 Å². The van der Waals surface area contributed by atoms with Gasteiger partial charge in [-0.2, -0.15) is 5.26 Å². The highest BCUT2D eigenvalue weighted by Crippen LogP contribution is 2.52. The van der Waals surface area contributed by atoms with Crippen LogP contribution >= 0.6 is 0 Å². The third-order valence-electron chi connectivity index (χ3n) is 4.88. The molecule has 0 bridgehead atoms. The predicted molar refractivity (Wildman–Crippen MR) is 111 cm³/mol. The minimum atomic E-state index is 0.621. The Labute approximate surface area is 163 Å². The van der Waals surface area contributed by atoms with Crippen molar-refractivity contribution in [2.24, 2.45) is 0 Å². The summed E-state index contributed by atoms with van der Waals surface area (Å²) in [6.07, 6.45) is 0. The molecule has 1 aliphatic rings. The lowest BCUT2D eigenvalue weighted by Gasteiger charge is -2.34. The van der Waals surface area contributed by atoms with Crippen LogP contribution in [0.15, 0.2) is 97.1 Å². The van der Waals surface area contributed by atoms with Crippen LogP contribution in [0.4, 0.5) is 17.1 Å². The lowest BCUT2D eigenvalue weighted by Crippen LogP contribution is -2.16. The lowest BCUT2D eigenvalue weighted by molar-refractivity contribution is 0.477. The van der Waals surface area contributed by atoms with Crippen molar-refractivity contribution in [1.82, 2.24) is 0 Å². The van der Waals surface area contributed by atoms with Crippen LogP contribution < -0.4 is 9.64 Å². The number of nitriles is 1. The normalized spacial score (nSPS) is 11.8. The van der Waals surface area contributed by atoms with Crippen LogP contribution in [0, 0.1) is 11.3 Å². The average molecular weight is 360 g/mol. The highest BCUT2D eigenvalue weighted by atomic mass is 16.5. The molecule has 0 spiro atoms. The number of hydrogen-bond acceptors (Lipinski definition) is 3. The fourth-order valence-corrected chi connectivity index (χ4v) is 3.61. The first-order chi connectivity index (χ1) is 13.8. The van der Waals surface area contributed by atoms with Crippen LogP contribution in [-0.2, 0) is 0 Å². The van der Waals surface area contributed by atoms with Gasteiger partial charge in [-0.05, 0) is 42.0 Å². The summed E-state index contributed by atoms with van der Waals surface area (Å²) >= 11 is 0. The molecule has 0 aliphatic carbocycles. The zero-order valence-corrected chi connectivity index (χ0v) is 15.0. The molecular formula is C25H16N2O. The van der Waals surface area contributed by atoms with Crippen LogP contribution in [0.3, 0.4) is 0 Å². The number of benzene rings is 4. The maximum atomic E-state index is 9.52. The summed E-state index contributed by atoms with van der Waals surface area (Å²) in [5.41, 5.74) is 5.64. The largest absolute Gasteiger partial charge is 0.453 e. The number of hydrogen-bond donors (Lipinski definition) is 0. The summed E-state index contributed by atoms with van der Waals surface area (Å²) in [7, 11) is 0. The second-order valence-corrected chi connectivity index (χ2v) is 6.58. The van der Waals surface area contributed by atoms with Gasteiger partial charge in [0.05, 0.1) is 28.7 Å². The molecule has 3 heteroatoms. The SMILES string of the molecule is N#Cc1ccc(-c2ccccc2)c(N2c3ccccc3Oc3ccccc32)c1. The van der Waals surface area contributed by atoms with Crippen LogP contribution in [-0.4, -0.2) is 0 Å². The van der Waals surface area contributed by atoms with Crippen molar-refractivity contribution < 1.29 is 4.74 Å². The van der Waals surface area contributed by atoms with Gasteiger partial charge in [-0.15, -0.1) is 0 Å². The van der Waals surface area contributed by atoms with Crippen molar-refractivity contribution in [3.8, 4) is 28.7 Å². The molecule has 0 atom stereocenters. The smallest absolute Gasteiger partial charge is 0.151 e. The first-order valence-corrected chi connectivity index (χ1v) is 9.11. The number of fused-ring (bicyclic) bond motifs is 2. The molecule has 1 aliphatic heterocycles. The fourth-order valence-electron chi connectivity index (χ4n) is 3.61. The van der Waals surface area contributed by atoms with Crippen LogP contribution in [0.25, 0.3) is 11.1 Å². The minimum absolute atomic E-state index is 0.621. The van der Waals surface area contributed by atoms with Gasteiger partial charge in [0.15, 0.2) is 11.5 Å². The second-order valence-electron chi connectivity index (χ2n) is 6.58. The molecule has 4 aromatic carbocycles. The van der Waals surface area contributed by atoms with Crippen molar-refractivity contribution >= 4 is 17.1 Å². The van der Waals surface area contributed by atoms with Gasteiger partial charge in [-0.1, -0.05) is 60.7 Å². The van der Waals surface area contributed by atoms with Crippen LogP contribution in [0.2, 0.25) is 0 Å². The first kappa shape index (κ1) is 16.2. The van der Waals surface area contributed by atoms with E-state index in [0.29, 0.717) is 5.56 Å². The number of anilines is 3. The Kier molecular flexibility index (Phi) is 3.81. The van der Waals surface area contributed by atoms with Gasteiger partial charge in [0.25, 0.3) is 0 Å². The average Bonchev–Trinajstić information content (AvgIpc) is 2.77. The van der Waals surface area contributed by atoms with E-state index in [-0.39, 0.29) is 0 Å². The predicted octanol–water partition coefficient (Wildman–Crippen LogP) is 6.80. The van der Waals surface area contributed by atoms with Gasteiger partial charge in [-0.25, -0.2) is 0 Å². The van der Waals surface area contributed by atoms with Gasteiger partial charge in [0.2, 0.25) is 0 Å². The van der Waals surface area contributed by atoms with E-state index >= 15 is 0 Å². The monoisotopic (exact) mass is 360 g/mol. The molecule has 0 saturated carbocycles. The Morgan fingerprint density at radius 1 is 0.643 bits per heavy atom. The van der Waals surface area contributed by atoms with Crippen molar-refractivity contribution in [3.05, 3.63) is 103 Å². The molecule has 0 saturated heterocycles. The molecule has 28 heavy (non-hydrogen) atoms. The van der Waals surface area contributed by atoms with Crippen molar-refractivity contribution in [3.63, 3.8) is 0 Å². The van der Waals surface area contributed by atoms with E-state index in [9.17, 15) is 5.26 Å². The van der Waals surface area contributed by atoms with Crippen molar-refractivity contribution in [2.45, 2.75) is 0 Å². The lowest BCUT2D eigenvalue weighted by atomic mass is 9.99. The molecule has 0 radical (unpaired) electrons. The summed E-state index contributed by atoms with van der Waals surface area (Å²) in [6.45, 7) is 0. The molecule has 3 nitrogen and oxygen atoms in total. The van der Waals surface area contributed by atoms with Gasteiger partial charge in [0, 0.05) is 5.56 Å². The summed E-state index contributed by atoms with van der Waals surface area (Å²) in [5, 5.41) is 9.52. The van der Waals surface area contributed by atoms with E-state index < -0.39 is 0 Å². The Morgan fingerprint density at radius 2 is 1.25 bits per heavy atom. The minimum Gasteiger partial charge on any atom is -0.453 e. The molecule has 0 unspecified atom stereocenters. The Balaban J connectivity index is 1.82. The van der Waals surface area contributed by atoms with Gasteiger partial charge in [0.1, 0.15) is 0 Å².